The lowest BCUT2D eigenvalue weighted by Crippen LogP contribution is -2.27. The van der Waals surface area contributed by atoms with Crippen LogP contribution < -0.4 is 5.32 Å². The third kappa shape index (κ3) is 2.67. The Balaban J connectivity index is 1.76. The molecule has 2 aromatic rings. The maximum Gasteiger partial charge on any atom is 0.223 e. The fraction of sp³-hybridized carbons (Fsp3) is 0.333. The molecule has 98 valence electrons. The first-order valence-electron chi connectivity index (χ1n) is 6.63. The minimum atomic E-state index is 0.0385. The van der Waals surface area contributed by atoms with Crippen molar-refractivity contribution >= 4 is 5.91 Å². The quantitative estimate of drug-likeness (QED) is 0.912. The summed E-state index contributed by atoms with van der Waals surface area (Å²) in [7, 11) is 0. The van der Waals surface area contributed by atoms with Crippen molar-refractivity contribution in [1.29, 1.82) is 0 Å². The maximum atomic E-state index is 11.8. The van der Waals surface area contributed by atoms with E-state index in [0.717, 1.165) is 24.1 Å². The molecule has 1 N–H and O–H groups in total. The maximum absolute atomic E-state index is 11.8. The zero-order valence-electron chi connectivity index (χ0n) is 10.9. The molecule has 1 aromatic carbocycles. The highest BCUT2D eigenvalue weighted by Crippen LogP contribution is 2.29. The first-order valence-corrected chi connectivity index (χ1v) is 6.63. The van der Waals surface area contributed by atoms with Crippen molar-refractivity contribution in [1.82, 2.24) is 14.9 Å². The number of carbonyl (C=O) groups excluding carboxylic acids is 1. The molecule has 0 radical (unpaired) electrons. The molecule has 1 fully saturated rings. The van der Waals surface area contributed by atoms with E-state index in [0.29, 0.717) is 0 Å². The van der Waals surface area contributed by atoms with Gasteiger partial charge in [-0.3, -0.25) is 4.79 Å². The van der Waals surface area contributed by atoms with Crippen LogP contribution in [0.2, 0.25) is 0 Å². The molecule has 4 heteroatoms. The third-order valence-electron chi connectivity index (χ3n) is 3.48. The van der Waals surface area contributed by atoms with Crippen LogP contribution in [0, 0.1) is 5.92 Å². The predicted octanol–water partition coefficient (Wildman–Crippen LogP) is 2.46. The smallest absolute Gasteiger partial charge is 0.223 e. The Morgan fingerprint density at radius 2 is 2.32 bits per heavy atom. The molecular weight excluding hydrogens is 238 g/mol. The van der Waals surface area contributed by atoms with E-state index in [9.17, 15) is 4.79 Å². The Morgan fingerprint density at radius 3 is 3.00 bits per heavy atom. The van der Waals surface area contributed by atoms with Gasteiger partial charge in [0.2, 0.25) is 5.91 Å². The lowest BCUT2D eigenvalue weighted by atomic mass is 10.1. The summed E-state index contributed by atoms with van der Waals surface area (Å²) < 4.78 is 1.96. The van der Waals surface area contributed by atoms with Crippen molar-refractivity contribution in [3.63, 3.8) is 0 Å². The molecule has 0 spiro atoms. The van der Waals surface area contributed by atoms with E-state index < -0.39 is 0 Å². The molecule has 1 heterocycles. The SMILES string of the molecule is CC(NC(=O)C1CC1)c1cccc(-n2ccnc2)c1. The topological polar surface area (TPSA) is 46.9 Å². The van der Waals surface area contributed by atoms with Crippen molar-refractivity contribution < 1.29 is 4.79 Å². The Bertz CT molecular complexity index is 573. The van der Waals surface area contributed by atoms with Gasteiger partial charge >= 0.3 is 0 Å². The summed E-state index contributed by atoms with van der Waals surface area (Å²) >= 11 is 0. The van der Waals surface area contributed by atoms with Gasteiger partial charge in [0.25, 0.3) is 0 Å². The predicted molar refractivity (Wildman–Crippen MR) is 72.8 cm³/mol. The van der Waals surface area contributed by atoms with Crippen LogP contribution in [0.25, 0.3) is 5.69 Å². The summed E-state index contributed by atoms with van der Waals surface area (Å²) in [6.45, 7) is 2.02. The summed E-state index contributed by atoms with van der Waals surface area (Å²) in [6.07, 6.45) is 7.51. The number of amides is 1. The number of rotatable bonds is 4. The molecule has 3 rings (SSSR count). The highest BCUT2D eigenvalue weighted by molar-refractivity contribution is 5.81. The molecular formula is C15H17N3O. The van der Waals surface area contributed by atoms with E-state index in [1.54, 1.807) is 12.5 Å². The summed E-state index contributed by atoms with van der Waals surface area (Å²) in [5.41, 5.74) is 2.17. The number of nitrogens with one attached hydrogen (secondary N) is 1. The molecule has 19 heavy (non-hydrogen) atoms. The Labute approximate surface area is 112 Å². The molecule has 1 saturated carbocycles. The van der Waals surface area contributed by atoms with Crippen LogP contribution in [0.3, 0.4) is 0 Å². The van der Waals surface area contributed by atoms with Gasteiger partial charge in [-0.25, -0.2) is 4.98 Å². The summed E-state index contributed by atoms with van der Waals surface area (Å²) in [4.78, 5) is 15.8. The molecule has 4 nitrogen and oxygen atoms in total. The zero-order valence-corrected chi connectivity index (χ0v) is 10.9. The minimum absolute atomic E-state index is 0.0385. The van der Waals surface area contributed by atoms with Gasteiger partial charge in [-0.2, -0.15) is 0 Å². The summed E-state index contributed by atoms with van der Waals surface area (Å²) in [6, 6.07) is 8.19. The first kappa shape index (κ1) is 12.0. The van der Waals surface area contributed by atoms with Crippen molar-refractivity contribution in [2.75, 3.05) is 0 Å². The van der Waals surface area contributed by atoms with Crippen molar-refractivity contribution in [3.05, 3.63) is 48.5 Å². The van der Waals surface area contributed by atoms with Crippen LogP contribution in [-0.2, 0) is 4.79 Å². The molecule has 1 amide bonds. The standard InChI is InChI=1S/C15H17N3O/c1-11(17-15(19)12-5-6-12)13-3-2-4-14(9-13)18-8-7-16-10-18/h2-4,7-12H,5-6H2,1H3,(H,17,19). The first-order chi connectivity index (χ1) is 9.24. The van der Waals surface area contributed by atoms with Crippen molar-refractivity contribution in [2.24, 2.45) is 5.92 Å². The molecule has 1 aliphatic rings. The van der Waals surface area contributed by atoms with Gasteiger partial charge in [-0.15, -0.1) is 0 Å². The highest BCUT2D eigenvalue weighted by Gasteiger charge is 2.30. The number of hydrogen-bond donors (Lipinski definition) is 1. The van der Waals surface area contributed by atoms with Gasteiger partial charge in [-0.05, 0) is 37.5 Å². The largest absolute Gasteiger partial charge is 0.349 e. The highest BCUT2D eigenvalue weighted by atomic mass is 16.2. The van der Waals surface area contributed by atoms with E-state index in [1.165, 1.54) is 0 Å². The minimum Gasteiger partial charge on any atom is -0.349 e. The second-order valence-electron chi connectivity index (χ2n) is 5.07. The third-order valence-corrected chi connectivity index (χ3v) is 3.48. The fourth-order valence-corrected chi connectivity index (χ4v) is 2.13. The summed E-state index contributed by atoms with van der Waals surface area (Å²) in [5, 5.41) is 3.07. The number of imidazole rings is 1. The van der Waals surface area contributed by atoms with Crippen LogP contribution >= 0.6 is 0 Å². The Kier molecular flexibility index (Phi) is 3.07. The number of aromatic nitrogens is 2. The molecule has 1 aliphatic carbocycles. The molecule has 1 unspecified atom stereocenters. The van der Waals surface area contributed by atoms with Gasteiger partial charge in [0.15, 0.2) is 0 Å². The lowest BCUT2D eigenvalue weighted by Gasteiger charge is -2.15. The molecule has 0 saturated heterocycles. The van der Waals surface area contributed by atoms with Crippen molar-refractivity contribution in [3.8, 4) is 5.69 Å². The van der Waals surface area contributed by atoms with Crippen LogP contribution in [0.5, 0.6) is 0 Å². The number of carbonyl (C=O) groups is 1. The monoisotopic (exact) mass is 255 g/mol. The zero-order chi connectivity index (χ0) is 13.2. The van der Waals surface area contributed by atoms with Crippen LogP contribution in [0.1, 0.15) is 31.4 Å². The van der Waals surface area contributed by atoms with Gasteiger partial charge in [0.05, 0.1) is 12.4 Å². The van der Waals surface area contributed by atoms with Crippen LogP contribution in [0.15, 0.2) is 43.0 Å². The van der Waals surface area contributed by atoms with E-state index in [4.69, 9.17) is 0 Å². The molecule has 0 bridgehead atoms. The van der Waals surface area contributed by atoms with Crippen LogP contribution in [0.4, 0.5) is 0 Å². The Hall–Kier alpha value is -2.10. The fourth-order valence-electron chi connectivity index (χ4n) is 2.13. The normalized spacial score (nSPS) is 16.1. The van der Waals surface area contributed by atoms with Crippen molar-refractivity contribution in [2.45, 2.75) is 25.8 Å². The Morgan fingerprint density at radius 1 is 1.47 bits per heavy atom. The van der Waals surface area contributed by atoms with Gasteiger partial charge in [0, 0.05) is 24.0 Å². The van der Waals surface area contributed by atoms with Gasteiger partial charge < -0.3 is 9.88 Å². The average Bonchev–Trinajstić information content (AvgIpc) is 3.14. The summed E-state index contributed by atoms with van der Waals surface area (Å²) in [5.74, 6) is 0.430. The second kappa shape index (κ2) is 4.88. The lowest BCUT2D eigenvalue weighted by molar-refractivity contribution is -0.122. The van der Waals surface area contributed by atoms with E-state index in [-0.39, 0.29) is 17.9 Å². The van der Waals surface area contributed by atoms with E-state index in [2.05, 4.69) is 16.4 Å². The van der Waals surface area contributed by atoms with E-state index in [1.807, 2.05) is 35.9 Å². The molecule has 1 atom stereocenters. The van der Waals surface area contributed by atoms with Gasteiger partial charge in [0.1, 0.15) is 0 Å². The molecule has 1 aromatic heterocycles. The van der Waals surface area contributed by atoms with Crippen LogP contribution in [-0.4, -0.2) is 15.5 Å². The number of benzene rings is 1. The van der Waals surface area contributed by atoms with Gasteiger partial charge in [-0.1, -0.05) is 12.1 Å². The average molecular weight is 255 g/mol. The van der Waals surface area contributed by atoms with E-state index >= 15 is 0 Å². The number of hydrogen-bond acceptors (Lipinski definition) is 2. The number of nitrogens with zero attached hydrogens (tertiary/aromatic N) is 2. The molecule has 0 aliphatic heterocycles. The second-order valence-corrected chi connectivity index (χ2v) is 5.07.